The summed E-state index contributed by atoms with van der Waals surface area (Å²) in [5.41, 5.74) is 6.39. The van der Waals surface area contributed by atoms with Crippen molar-refractivity contribution < 1.29 is 18.7 Å². The van der Waals surface area contributed by atoms with E-state index in [-0.39, 0.29) is 17.6 Å². The van der Waals surface area contributed by atoms with E-state index in [1.165, 1.54) is 31.7 Å². The van der Waals surface area contributed by atoms with Gasteiger partial charge in [0, 0.05) is 17.1 Å². The lowest BCUT2D eigenvalue weighted by Gasteiger charge is -2.40. The molecule has 0 saturated heterocycles. The number of nitrogen functional groups attached to an aromatic ring is 1. The van der Waals surface area contributed by atoms with Crippen molar-refractivity contribution in [2.45, 2.75) is 32.1 Å². The molecule has 0 spiro atoms. The quantitative estimate of drug-likeness (QED) is 0.532. The van der Waals surface area contributed by atoms with Crippen molar-refractivity contribution >= 4 is 22.8 Å². The number of carboxylic acids is 1. The minimum absolute atomic E-state index is 0.00231. The zero-order valence-corrected chi connectivity index (χ0v) is 16.8. The van der Waals surface area contributed by atoms with E-state index in [2.05, 4.69) is 32.8 Å². The summed E-state index contributed by atoms with van der Waals surface area (Å²) < 4.78 is 26.1. The van der Waals surface area contributed by atoms with Crippen LogP contribution >= 0.6 is 0 Å². The Hall–Kier alpha value is -3.54. The standard InChI is InChI=1S/C11H7F2N5.C9H14O2.C2H2/c12-5-1-6-7(3-16-10(6)15-2-5)11-17-4-8(13)9(14)18-11;10-9(11)8-5-6-1-3-7(8)4-2-6;1-2/h1-4H,(H,15,16)(H2,14,17,18);6-8H,1-5H2,(H,10,11);1-2H/t;6?,7?,8-;/m.1./s1. The summed E-state index contributed by atoms with van der Waals surface area (Å²) in [6.07, 6.45) is 17.5. The molecule has 3 aliphatic rings. The normalized spacial score (nSPS) is 21.5. The van der Waals surface area contributed by atoms with Crippen molar-refractivity contribution in [2.24, 2.45) is 17.8 Å². The first kappa shape index (κ1) is 22.2. The predicted molar refractivity (Wildman–Crippen MR) is 113 cm³/mol. The van der Waals surface area contributed by atoms with Crippen LogP contribution < -0.4 is 5.73 Å². The third kappa shape index (κ3) is 4.79. The number of aromatic nitrogens is 4. The molecule has 3 heterocycles. The topological polar surface area (TPSA) is 118 Å². The van der Waals surface area contributed by atoms with Crippen molar-refractivity contribution in [3.05, 3.63) is 36.3 Å². The van der Waals surface area contributed by atoms with Gasteiger partial charge in [0.05, 0.1) is 18.3 Å². The highest BCUT2D eigenvalue weighted by Crippen LogP contribution is 2.44. The van der Waals surface area contributed by atoms with Crippen LogP contribution in [-0.4, -0.2) is 31.0 Å². The van der Waals surface area contributed by atoms with Crippen LogP contribution in [0.1, 0.15) is 32.1 Å². The third-order valence-corrected chi connectivity index (χ3v) is 5.87. The van der Waals surface area contributed by atoms with Gasteiger partial charge in [0.1, 0.15) is 11.5 Å². The number of pyridine rings is 1. The molecular weight excluding hydrogens is 404 g/mol. The fourth-order valence-electron chi connectivity index (χ4n) is 4.35. The van der Waals surface area contributed by atoms with E-state index >= 15 is 0 Å². The highest BCUT2D eigenvalue weighted by molar-refractivity contribution is 5.91. The lowest BCUT2D eigenvalue weighted by atomic mass is 9.65. The van der Waals surface area contributed by atoms with Gasteiger partial charge >= 0.3 is 5.97 Å². The molecule has 3 aromatic rings. The number of rotatable bonds is 2. The number of nitrogens with zero attached hydrogens (tertiary/aromatic N) is 3. The lowest BCUT2D eigenvalue weighted by Crippen LogP contribution is -2.35. The van der Waals surface area contributed by atoms with Crippen molar-refractivity contribution in [2.75, 3.05) is 5.73 Å². The Labute approximate surface area is 178 Å². The van der Waals surface area contributed by atoms with Crippen LogP contribution in [0.5, 0.6) is 0 Å². The highest BCUT2D eigenvalue weighted by Gasteiger charge is 2.39. The number of nitrogens with two attached hydrogens (primary N) is 1. The molecular formula is C22H23F2N5O2. The molecule has 0 unspecified atom stereocenters. The van der Waals surface area contributed by atoms with Gasteiger partial charge in [-0.25, -0.2) is 23.7 Å². The zero-order chi connectivity index (χ0) is 22.5. The van der Waals surface area contributed by atoms with Gasteiger partial charge in [0.15, 0.2) is 17.5 Å². The fourth-order valence-corrected chi connectivity index (χ4v) is 4.35. The second-order valence-electron chi connectivity index (χ2n) is 7.64. The maximum Gasteiger partial charge on any atom is 0.306 e. The number of hydrogen-bond acceptors (Lipinski definition) is 5. The SMILES string of the molecule is C#C.Nc1nc(-c2c[nH]c3ncc(F)cc23)ncc1F.O=C(O)[C@@H]1CC2CCC1CC2. The first-order chi connectivity index (χ1) is 14.9. The van der Waals surface area contributed by atoms with Crippen LogP contribution in [0.2, 0.25) is 0 Å². The molecule has 2 bridgehead atoms. The smallest absolute Gasteiger partial charge is 0.306 e. The lowest BCUT2D eigenvalue weighted by molar-refractivity contribution is -0.147. The van der Waals surface area contributed by atoms with Crippen LogP contribution in [0.25, 0.3) is 22.4 Å². The van der Waals surface area contributed by atoms with Crippen molar-refractivity contribution in [3.8, 4) is 24.2 Å². The van der Waals surface area contributed by atoms with Crippen LogP contribution in [0, 0.1) is 42.2 Å². The molecule has 0 aromatic carbocycles. The summed E-state index contributed by atoms with van der Waals surface area (Å²) in [5.74, 6) is -0.506. The summed E-state index contributed by atoms with van der Waals surface area (Å²) in [6, 6.07) is 1.30. The fraction of sp³-hybridized carbons (Fsp3) is 0.364. The summed E-state index contributed by atoms with van der Waals surface area (Å²) >= 11 is 0. The molecule has 4 N–H and O–H groups in total. The Morgan fingerprint density at radius 3 is 2.42 bits per heavy atom. The maximum atomic E-state index is 13.2. The Morgan fingerprint density at radius 1 is 1.16 bits per heavy atom. The molecule has 0 radical (unpaired) electrons. The van der Waals surface area contributed by atoms with E-state index < -0.39 is 17.6 Å². The average Bonchev–Trinajstić information content (AvgIpc) is 3.21. The van der Waals surface area contributed by atoms with Crippen molar-refractivity contribution in [1.82, 2.24) is 19.9 Å². The van der Waals surface area contributed by atoms with Crippen LogP contribution in [0.3, 0.4) is 0 Å². The number of carboxylic acid groups (broad SMARTS) is 1. The van der Waals surface area contributed by atoms with Crippen LogP contribution in [0.4, 0.5) is 14.6 Å². The summed E-state index contributed by atoms with van der Waals surface area (Å²) in [5, 5.41) is 9.38. The monoisotopic (exact) mass is 427 g/mol. The molecule has 7 nitrogen and oxygen atoms in total. The Kier molecular flexibility index (Phi) is 6.80. The van der Waals surface area contributed by atoms with Gasteiger partial charge in [-0.3, -0.25) is 4.79 Å². The average molecular weight is 427 g/mol. The number of halogens is 2. The largest absolute Gasteiger partial charge is 0.481 e. The number of carbonyl (C=O) groups is 1. The first-order valence-corrected chi connectivity index (χ1v) is 9.89. The number of anilines is 1. The van der Waals surface area contributed by atoms with Gasteiger partial charge in [0.25, 0.3) is 0 Å². The minimum Gasteiger partial charge on any atom is -0.481 e. The van der Waals surface area contributed by atoms with Crippen molar-refractivity contribution in [3.63, 3.8) is 0 Å². The number of nitrogens with one attached hydrogen (secondary N) is 1. The molecule has 6 rings (SSSR count). The first-order valence-electron chi connectivity index (χ1n) is 9.89. The number of aromatic amines is 1. The maximum absolute atomic E-state index is 13.2. The molecule has 9 heteroatoms. The van der Waals surface area contributed by atoms with Gasteiger partial charge in [-0.05, 0) is 37.2 Å². The molecule has 1 atom stereocenters. The number of H-pyrrole nitrogens is 1. The summed E-state index contributed by atoms with van der Waals surface area (Å²) in [7, 11) is 0. The van der Waals surface area contributed by atoms with E-state index in [4.69, 9.17) is 10.8 Å². The highest BCUT2D eigenvalue weighted by atomic mass is 19.1. The van der Waals surface area contributed by atoms with Gasteiger partial charge in [-0.2, -0.15) is 0 Å². The van der Waals surface area contributed by atoms with Gasteiger partial charge < -0.3 is 15.8 Å². The number of aliphatic carboxylic acids is 1. The second kappa shape index (κ2) is 9.51. The number of hydrogen-bond donors (Lipinski definition) is 3. The molecule has 0 aliphatic heterocycles. The van der Waals surface area contributed by atoms with Crippen LogP contribution in [0.15, 0.2) is 24.7 Å². The van der Waals surface area contributed by atoms with Crippen LogP contribution in [-0.2, 0) is 4.79 Å². The molecule has 162 valence electrons. The summed E-state index contributed by atoms with van der Waals surface area (Å²) in [4.78, 5) is 25.1. The third-order valence-electron chi connectivity index (χ3n) is 5.87. The predicted octanol–water partition coefficient (Wildman–Crippen LogP) is 4.03. The molecule has 0 amide bonds. The Morgan fingerprint density at radius 2 is 1.87 bits per heavy atom. The number of terminal acetylenes is 1. The van der Waals surface area contributed by atoms with Gasteiger partial charge in [-0.15, -0.1) is 12.8 Å². The molecule has 3 aliphatic carbocycles. The Balaban J connectivity index is 0.000000179. The van der Waals surface area contributed by atoms with E-state index in [0.717, 1.165) is 24.7 Å². The summed E-state index contributed by atoms with van der Waals surface area (Å²) in [6.45, 7) is 0. The van der Waals surface area contributed by atoms with Crippen molar-refractivity contribution in [1.29, 1.82) is 0 Å². The zero-order valence-electron chi connectivity index (χ0n) is 16.8. The van der Waals surface area contributed by atoms with Gasteiger partial charge in [0.2, 0.25) is 0 Å². The second-order valence-corrected chi connectivity index (χ2v) is 7.64. The molecule has 3 saturated carbocycles. The van der Waals surface area contributed by atoms with Gasteiger partial charge in [-0.1, -0.05) is 12.8 Å². The minimum atomic E-state index is -0.692. The van der Waals surface area contributed by atoms with E-state index in [0.29, 0.717) is 22.5 Å². The Bertz CT molecular complexity index is 1090. The van der Waals surface area contributed by atoms with E-state index in [9.17, 15) is 13.6 Å². The molecule has 3 aromatic heterocycles. The number of fused-ring (bicyclic) bond motifs is 4. The van der Waals surface area contributed by atoms with E-state index in [1.807, 2.05) is 0 Å². The molecule has 3 fully saturated rings. The van der Waals surface area contributed by atoms with E-state index in [1.54, 1.807) is 6.20 Å². The molecule has 31 heavy (non-hydrogen) atoms.